The van der Waals surface area contributed by atoms with Crippen LogP contribution >= 0.6 is 11.8 Å². The van der Waals surface area contributed by atoms with E-state index in [1.807, 2.05) is 0 Å². The third-order valence-electron chi connectivity index (χ3n) is 3.99. The SMILES string of the molecule is CCSC1=N[C@@H]2CS(=O)(=O)C[C@H]2N1c1ccc(C)cc1C. The van der Waals surface area contributed by atoms with Crippen LogP contribution in [0.25, 0.3) is 0 Å². The fraction of sp³-hybridized carbons (Fsp3) is 0.533. The first kappa shape index (κ1) is 14.9. The number of hydrogen-bond acceptors (Lipinski definition) is 5. The standard InChI is InChI=1S/C15H20N2O2S2/c1-4-20-15-16-12-8-21(18,19)9-14(12)17(15)13-6-5-10(2)7-11(13)3/h5-7,12,14H,4,8-9H2,1-3H3/t12-,14-/m1/s1. The molecule has 114 valence electrons. The van der Waals surface area contributed by atoms with Crippen molar-refractivity contribution >= 4 is 32.5 Å². The normalized spacial score (nSPS) is 26.8. The predicted molar refractivity (Wildman–Crippen MR) is 90.2 cm³/mol. The van der Waals surface area contributed by atoms with E-state index >= 15 is 0 Å². The molecule has 0 aliphatic carbocycles. The highest BCUT2D eigenvalue weighted by Crippen LogP contribution is 2.36. The van der Waals surface area contributed by atoms with Gasteiger partial charge >= 0.3 is 0 Å². The average molecular weight is 324 g/mol. The van der Waals surface area contributed by atoms with Gasteiger partial charge < -0.3 is 4.90 Å². The third-order valence-corrected chi connectivity index (χ3v) is 6.54. The van der Waals surface area contributed by atoms with Gasteiger partial charge in [0.15, 0.2) is 15.0 Å². The lowest BCUT2D eigenvalue weighted by atomic mass is 10.1. The molecule has 3 rings (SSSR count). The lowest BCUT2D eigenvalue weighted by Gasteiger charge is -2.28. The molecule has 1 aromatic carbocycles. The van der Waals surface area contributed by atoms with E-state index in [1.165, 1.54) is 11.1 Å². The second-order valence-electron chi connectivity index (χ2n) is 5.72. The Labute approximate surface area is 130 Å². The van der Waals surface area contributed by atoms with Gasteiger partial charge in [-0.15, -0.1) is 0 Å². The van der Waals surface area contributed by atoms with E-state index in [4.69, 9.17) is 0 Å². The van der Waals surface area contributed by atoms with Crippen molar-refractivity contribution in [3.05, 3.63) is 29.3 Å². The van der Waals surface area contributed by atoms with Crippen LogP contribution < -0.4 is 4.90 Å². The van der Waals surface area contributed by atoms with Gasteiger partial charge in [-0.25, -0.2) is 8.42 Å². The smallest absolute Gasteiger partial charge is 0.164 e. The van der Waals surface area contributed by atoms with Gasteiger partial charge in [-0.05, 0) is 31.2 Å². The Hall–Kier alpha value is -1.01. The molecule has 1 saturated heterocycles. The maximum Gasteiger partial charge on any atom is 0.164 e. The predicted octanol–water partition coefficient (Wildman–Crippen LogP) is 2.40. The Morgan fingerprint density at radius 1 is 1.33 bits per heavy atom. The second kappa shape index (κ2) is 5.32. The molecule has 0 aromatic heterocycles. The van der Waals surface area contributed by atoms with Gasteiger partial charge in [-0.2, -0.15) is 0 Å². The minimum Gasteiger partial charge on any atom is -0.315 e. The number of fused-ring (bicyclic) bond motifs is 1. The van der Waals surface area contributed by atoms with E-state index in [0.717, 1.165) is 16.6 Å². The molecule has 2 atom stereocenters. The number of sulfone groups is 1. The van der Waals surface area contributed by atoms with Crippen LogP contribution in [0.4, 0.5) is 5.69 Å². The molecule has 0 bridgehead atoms. The molecule has 2 aliphatic rings. The van der Waals surface area contributed by atoms with Crippen molar-refractivity contribution in [3.8, 4) is 0 Å². The van der Waals surface area contributed by atoms with Crippen LogP contribution in [0.15, 0.2) is 23.2 Å². The van der Waals surface area contributed by atoms with Gasteiger partial charge in [-0.1, -0.05) is 36.4 Å². The number of anilines is 1. The lowest BCUT2D eigenvalue weighted by molar-refractivity contribution is 0.601. The zero-order valence-electron chi connectivity index (χ0n) is 12.5. The van der Waals surface area contributed by atoms with Gasteiger partial charge in [0.05, 0.1) is 23.6 Å². The van der Waals surface area contributed by atoms with Crippen LogP contribution in [0.3, 0.4) is 0 Å². The van der Waals surface area contributed by atoms with Crippen LogP contribution in [-0.2, 0) is 9.84 Å². The molecule has 1 aromatic rings. The summed E-state index contributed by atoms with van der Waals surface area (Å²) in [5.74, 6) is 1.33. The van der Waals surface area contributed by atoms with Crippen LogP contribution in [-0.4, -0.2) is 42.9 Å². The lowest BCUT2D eigenvalue weighted by Crippen LogP contribution is -2.39. The molecule has 4 nitrogen and oxygen atoms in total. The highest BCUT2D eigenvalue weighted by Gasteiger charge is 2.47. The molecule has 2 aliphatic heterocycles. The minimum atomic E-state index is -2.96. The summed E-state index contributed by atoms with van der Waals surface area (Å²) in [7, 11) is -2.96. The van der Waals surface area contributed by atoms with E-state index in [1.54, 1.807) is 11.8 Å². The molecule has 0 unspecified atom stereocenters. The maximum absolute atomic E-state index is 11.9. The van der Waals surface area contributed by atoms with Crippen molar-refractivity contribution in [1.82, 2.24) is 0 Å². The van der Waals surface area contributed by atoms with Crippen molar-refractivity contribution in [2.24, 2.45) is 4.99 Å². The number of rotatable bonds is 2. The Kier molecular flexibility index (Phi) is 3.78. The summed E-state index contributed by atoms with van der Waals surface area (Å²) in [6.07, 6.45) is 0. The van der Waals surface area contributed by atoms with E-state index in [2.05, 4.69) is 48.9 Å². The van der Waals surface area contributed by atoms with Crippen molar-refractivity contribution in [3.63, 3.8) is 0 Å². The quantitative estimate of drug-likeness (QED) is 0.838. The summed E-state index contributed by atoms with van der Waals surface area (Å²) >= 11 is 1.69. The summed E-state index contributed by atoms with van der Waals surface area (Å²) < 4.78 is 23.8. The first-order valence-corrected chi connectivity index (χ1v) is 9.99. The molecular formula is C15H20N2O2S2. The Balaban J connectivity index is 2.03. The molecular weight excluding hydrogens is 304 g/mol. The topological polar surface area (TPSA) is 49.7 Å². The molecule has 0 radical (unpaired) electrons. The number of hydrogen-bond donors (Lipinski definition) is 0. The highest BCUT2D eigenvalue weighted by molar-refractivity contribution is 8.14. The molecule has 1 fully saturated rings. The Bertz CT molecular complexity index is 698. The zero-order valence-corrected chi connectivity index (χ0v) is 14.2. The van der Waals surface area contributed by atoms with Gasteiger partial charge in [0.25, 0.3) is 0 Å². The van der Waals surface area contributed by atoms with Crippen LogP contribution in [0.1, 0.15) is 18.1 Å². The third kappa shape index (κ3) is 2.71. The van der Waals surface area contributed by atoms with Crippen molar-refractivity contribution in [2.75, 3.05) is 22.2 Å². The molecule has 2 heterocycles. The fourth-order valence-electron chi connectivity index (χ4n) is 3.12. The number of amidine groups is 1. The summed E-state index contributed by atoms with van der Waals surface area (Å²) in [5, 5.41) is 0.967. The van der Waals surface area contributed by atoms with E-state index in [0.29, 0.717) is 0 Å². The van der Waals surface area contributed by atoms with Gasteiger partial charge in [0, 0.05) is 5.69 Å². The fourth-order valence-corrected chi connectivity index (χ4v) is 5.81. The largest absolute Gasteiger partial charge is 0.315 e. The number of thioether (sulfide) groups is 1. The molecule has 6 heteroatoms. The summed E-state index contributed by atoms with van der Waals surface area (Å²) in [6, 6.07) is 6.16. The van der Waals surface area contributed by atoms with Gasteiger partial charge in [-0.3, -0.25) is 4.99 Å². The molecule has 21 heavy (non-hydrogen) atoms. The highest BCUT2D eigenvalue weighted by atomic mass is 32.2. The van der Waals surface area contributed by atoms with E-state index in [9.17, 15) is 8.42 Å². The van der Waals surface area contributed by atoms with Crippen LogP contribution in [0.5, 0.6) is 0 Å². The molecule has 0 N–H and O–H groups in total. The Morgan fingerprint density at radius 2 is 2.10 bits per heavy atom. The van der Waals surface area contributed by atoms with Crippen molar-refractivity contribution < 1.29 is 8.42 Å². The first-order valence-electron chi connectivity index (χ1n) is 7.19. The van der Waals surface area contributed by atoms with Crippen molar-refractivity contribution in [1.29, 1.82) is 0 Å². The second-order valence-corrected chi connectivity index (χ2v) is 9.10. The summed E-state index contributed by atoms with van der Waals surface area (Å²) in [5.41, 5.74) is 3.47. The van der Waals surface area contributed by atoms with Crippen molar-refractivity contribution in [2.45, 2.75) is 32.9 Å². The summed E-state index contributed by atoms with van der Waals surface area (Å²) in [6.45, 7) is 6.24. The van der Waals surface area contributed by atoms with Gasteiger partial charge in [0.2, 0.25) is 0 Å². The zero-order chi connectivity index (χ0) is 15.2. The molecule has 0 saturated carbocycles. The number of benzene rings is 1. The molecule has 0 amide bonds. The summed E-state index contributed by atoms with van der Waals surface area (Å²) in [4.78, 5) is 6.83. The number of aliphatic imine (C=N–C) groups is 1. The minimum absolute atomic E-state index is 0.0366. The maximum atomic E-state index is 11.9. The van der Waals surface area contributed by atoms with Crippen LogP contribution in [0.2, 0.25) is 0 Å². The van der Waals surface area contributed by atoms with Crippen LogP contribution in [0, 0.1) is 13.8 Å². The number of nitrogens with zero attached hydrogens (tertiary/aromatic N) is 2. The Morgan fingerprint density at radius 3 is 2.76 bits per heavy atom. The molecule has 0 spiro atoms. The first-order chi connectivity index (χ1) is 9.91. The van der Waals surface area contributed by atoms with E-state index < -0.39 is 9.84 Å². The van der Waals surface area contributed by atoms with Gasteiger partial charge in [0.1, 0.15) is 0 Å². The van der Waals surface area contributed by atoms with E-state index in [-0.39, 0.29) is 23.6 Å². The monoisotopic (exact) mass is 324 g/mol. The average Bonchev–Trinajstić information content (AvgIpc) is 2.82. The number of aryl methyl sites for hydroxylation is 2.